The first-order valence-electron chi connectivity index (χ1n) is 7.66. The van der Waals surface area contributed by atoms with Crippen LogP contribution in [0.1, 0.15) is 6.92 Å². The fourth-order valence-corrected chi connectivity index (χ4v) is 3.63. The molecule has 2 rings (SSSR count). The number of nitrogens with zero attached hydrogens (tertiary/aromatic N) is 2. The van der Waals surface area contributed by atoms with Crippen molar-refractivity contribution >= 4 is 33.2 Å². The van der Waals surface area contributed by atoms with Crippen LogP contribution in [0.2, 0.25) is 5.02 Å². The van der Waals surface area contributed by atoms with Crippen molar-refractivity contribution in [1.29, 1.82) is 0 Å². The monoisotopic (exact) mass is 360 g/mol. The maximum absolute atomic E-state index is 12.5. The topological polar surface area (TPSA) is 62.1 Å². The van der Waals surface area contributed by atoms with E-state index in [1.54, 1.807) is 29.2 Å². The van der Waals surface area contributed by atoms with E-state index >= 15 is 0 Å². The van der Waals surface area contributed by atoms with E-state index < -0.39 is 10.0 Å². The van der Waals surface area contributed by atoms with Crippen LogP contribution >= 0.6 is 11.6 Å². The van der Waals surface area contributed by atoms with Gasteiger partial charge < -0.3 is 9.80 Å². The number of nitrogens with one attached hydrogen (secondary N) is 1. The van der Waals surface area contributed by atoms with Crippen LogP contribution in [0, 0.1) is 0 Å². The largest absolute Gasteiger partial charge is 0.332 e. The van der Waals surface area contributed by atoms with Crippen molar-refractivity contribution < 1.29 is 18.1 Å². The summed E-state index contributed by atoms with van der Waals surface area (Å²) in [5, 5.41) is 0.521. The molecule has 0 radical (unpaired) electrons. The Hall–Kier alpha value is -1.31. The molecule has 1 amide bonds. The fourth-order valence-electron chi connectivity index (χ4n) is 2.66. The lowest BCUT2D eigenvalue weighted by Crippen LogP contribution is -3.14. The number of rotatable bonds is 5. The maximum atomic E-state index is 12.5. The Morgan fingerprint density at radius 3 is 2.30 bits per heavy atom. The molecule has 128 valence electrons. The van der Waals surface area contributed by atoms with E-state index in [1.165, 1.54) is 4.90 Å². The molecule has 0 spiro atoms. The highest BCUT2D eigenvalue weighted by molar-refractivity contribution is 7.92. The van der Waals surface area contributed by atoms with Gasteiger partial charge in [-0.25, -0.2) is 8.42 Å². The average molecular weight is 361 g/mol. The molecule has 23 heavy (non-hydrogen) atoms. The van der Waals surface area contributed by atoms with Gasteiger partial charge in [0, 0.05) is 5.02 Å². The Morgan fingerprint density at radius 1 is 1.26 bits per heavy atom. The van der Waals surface area contributed by atoms with Crippen molar-refractivity contribution in [2.45, 2.75) is 6.92 Å². The number of benzene rings is 1. The predicted octanol–water partition coefficient (Wildman–Crippen LogP) is -0.147. The predicted molar refractivity (Wildman–Crippen MR) is 91.5 cm³/mol. The van der Waals surface area contributed by atoms with Gasteiger partial charge in [-0.3, -0.25) is 9.10 Å². The summed E-state index contributed by atoms with van der Waals surface area (Å²) in [6, 6.07) is 6.44. The molecule has 1 aromatic carbocycles. The quantitative estimate of drug-likeness (QED) is 0.794. The molecule has 1 aromatic rings. The molecule has 1 fully saturated rings. The van der Waals surface area contributed by atoms with Gasteiger partial charge in [0.05, 0.1) is 44.7 Å². The molecule has 0 saturated carbocycles. The molecule has 0 unspecified atom stereocenters. The van der Waals surface area contributed by atoms with Crippen molar-refractivity contribution in [3.63, 3.8) is 0 Å². The molecule has 1 heterocycles. The molecule has 1 N–H and O–H groups in total. The summed E-state index contributed by atoms with van der Waals surface area (Å²) in [4.78, 5) is 15.7. The number of carbonyl (C=O) groups is 1. The number of anilines is 1. The zero-order chi connectivity index (χ0) is 17.0. The number of hydrogen-bond donors (Lipinski definition) is 1. The molecule has 0 aliphatic carbocycles. The first kappa shape index (κ1) is 18.0. The molecular formula is C15H23ClN3O3S+. The van der Waals surface area contributed by atoms with Gasteiger partial charge in [0.15, 0.2) is 0 Å². The second kappa shape index (κ2) is 7.51. The first-order valence-corrected chi connectivity index (χ1v) is 9.88. The first-order chi connectivity index (χ1) is 10.8. The second-order valence-corrected chi connectivity index (χ2v) is 8.07. The Kier molecular flexibility index (Phi) is 5.89. The molecule has 8 heteroatoms. The van der Waals surface area contributed by atoms with Gasteiger partial charge in [-0.2, -0.15) is 0 Å². The summed E-state index contributed by atoms with van der Waals surface area (Å²) in [6.07, 6.45) is 1.11. The van der Waals surface area contributed by atoms with Crippen LogP contribution in [0.4, 0.5) is 5.69 Å². The summed E-state index contributed by atoms with van der Waals surface area (Å²) in [5.74, 6) is -0.166. The van der Waals surface area contributed by atoms with Gasteiger partial charge in [0.25, 0.3) is 0 Å². The zero-order valence-electron chi connectivity index (χ0n) is 13.5. The van der Waals surface area contributed by atoms with Gasteiger partial charge in [-0.1, -0.05) is 11.6 Å². The van der Waals surface area contributed by atoms with Crippen LogP contribution in [-0.4, -0.2) is 64.7 Å². The van der Waals surface area contributed by atoms with Crippen molar-refractivity contribution in [3.05, 3.63) is 29.3 Å². The van der Waals surface area contributed by atoms with E-state index in [1.807, 2.05) is 0 Å². The van der Waals surface area contributed by atoms with E-state index in [-0.39, 0.29) is 12.5 Å². The Labute approximate surface area is 142 Å². The van der Waals surface area contributed by atoms with Gasteiger partial charge in [-0.05, 0) is 31.2 Å². The number of sulfonamides is 1. The number of likely N-dealkylation sites (N-methyl/N-ethyl adjacent to an activating group) is 1. The van der Waals surface area contributed by atoms with Crippen molar-refractivity contribution in [2.75, 3.05) is 49.8 Å². The van der Waals surface area contributed by atoms with Gasteiger partial charge in [0.1, 0.15) is 6.54 Å². The second-order valence-electron chi connectivity index (χ2n) is 5.73. The van der Waals surface area contributed by atoms with Gasteiger partial charge in [-0.15, -0.1) is 0 Å². The summed E-state index contributed by atoms with van der Waals surface area (Å²) in [5.41, 5.74) is 0.447. The SMILES string of the molecule is CC[NH+]1CCN(C(=O)CN(c2ccc(Cl)cc2)S(C)(=O)=O)CC1. The maximum Gasteiger partial charge on any atom is 0.243 e. The van der Waals surface area contributed by atoms with Crippen LogP contribution in [0.25, 0.3) is 0 Å². The third kappa shape index (κ3) is 4.83. The highest BCUT2D eigenvalue weighted by Gasteiger charge is 2.27. The number of piperazine rings is 1. The van der Waals surface area contributed by atoms with E-state index in [0.717, 1.165) is 30.2 Å². The third-order valence-electron chi connectivity index (χ3n) is 4.12. The number of quaternary nitrogens is 1. The lowest BCUT2D eigenvalue weighted by Gasteiger charge is -2.33. The van der Waals surface area contributed by atoms with Gasteiger partial charge in [0.2, 0.25) is 15.9 Å². The molecular weight excluding hydrogens is 338 g/mol. The summed E-state index contributed by atoms with van der Waals surface area (Å²) >= 11 is 5.84. The summed E-state index contributed by atoms with van der Waals surface area (Å²) < 4.78 is 25.2. The minimum absolute atomic E-state index is 0.166. The standard InChI is InChI=1S/C15H22ClN3O3S/c1-3-17-8-10-18(11-9-17)15(20)12-19(23(2,21)22)14-6-4-13(16)5-7-14/h4-7H,3,8-12H2,1-2H3/p+1. The number of carbonyl (C=O) groups excluding carboxylic acids is 1. The van der Waals surface area contributed by atoms with Crippen LogP contribution in [0.15, 0.2) is 24.3 Å². The molecule has 0 aromatic heterocycles. The summed E-state index contributed by atoms with van der Waals surface area (Å²) in [7, 11) is -3.54. The van der Waals surface area contributed by atoms with Crippen molar-refractivity contribution in [3.8, 4) is 0 Å². The van der Waals surface area contributed by atoms with Crippen LogP contribution < -0.4 is 9.21 Å². The fraction of sp³-hybridized carbons (Fsp3) is 0.533. The molecule has 1 aliphatic rings. The Morgan fingerprint density at radius 2 is 1.83 bits per heavy atom. The zero-order valence-corrected chi connectivity index (χ0v) is 15.0. The highest BCUT2D eigenvalue weighted by Crippen LogP contribution is 2.20. The van der Waals surface area contributed by atoms with Crippen LogP contribution in [0.5, 0.6) is 0 Å². The minimum Gasteiger partial charge on any atom is -0.332 e. The molecule has 0 bridgehead atoms. The molecule has 1 aliphatic heterocycles. The summed E-state index contributed by atoms with van der Waals surface area (Å²) in [6.45, 7) is 6.13. The minimum atomic E-state index is -3.54. The number of halogens is 1. The Bertz CT molecular complexity index is 640. The van der Waals surface area contributed by atoms with E-state index in [9.17, 15) is 13.2 Å². The average Bonchev–Trinajstić information content (AvgIpc) is 2.52. The lowest BCUT2D eigenvalue weighted by atomic mass is 10.3. The lowest BCUT2D eigenvalue weighted by molar-refractivity contribution is -0.902. The molecule has 6 nitrogen and oxygen atoms in total. The van der Waals surface area contributed by atoms with E-state index in [0.29, 0.717) is 23.8 Å². The highest BCUT2D eigenvalue weighted by atomic mass is 35.5. The third-order valence-corrected chi connectivity index (χ3v) is 5.51. The van der Waals surface area contributed by atoms with E-state index in [2.05, 4.69) is 6.92 Å². The molecule has 1 saturated heterocycles. The van der Waals surface area contributed by atoms with Crippen molar-refractivity contribution in [1.82, 2.24) is 4.90 Å². The molecule has 0 atom stereocenters. The van der Waals surface area contributed by atoms with Gasteiger partial charge >= 0.3 is 0 Å². The van der Waals surface area contributed by atoms with E-state index in [4.69, 9.17) is 11.6 Å². The van der Waals surface area contributed by atoms with Crippen LogP contribution in [0.3, 0.4) is 0 Å². The Balaban J connectivity index is 2.10. The normalized spacial score (nSPS) is 16.4. The number of hydrogen-bond acceptors (Lipinski definition) is 3. The number of amides is 1. The van der Waals surface area contributed by atoms with Crippen LogP contribution in [-0.2, 0) is 14.8 Å². The smallest absolute Gasteiger partial charge is 0.243 e. The van der Waals surface area contributed by atoms with Crippen molar-refractivity contribution in [2.24, 2.45) is 0 Å².